The van der Waals surface area contributed by atoms with Gasteiger partial charge in [-0.2, -0.15) is 0 Å². The molecule has 1 aliphatic heterocycles. The topological polar surface area (TPSA) is 41.6 Å². The molecule has 1 aromatic rings. The summed E-state index contributed by atoms with van der Waals surface area (Å²) >= 11 is 0. The first-order chi connectivity index (χ1) is 10.8. The van der Waals surface area contributed by atoms with Gasteiger partial charge in [0.15, 0.2) is 0 Å². The number of likely N-dealkylation sites (N-methyl/N-ethyl adjacent to an activating group) is 1. The second-order valence-corrected chi connectivity index (χ2v) is 7.59. The molecule has 4 heteroatoms. The molecule has 128 valence electrons. The molecule has 0 radical (unpaired) electrons. The first kappa shape index (κ1) is 17.8. The van der Waals surface area contributed by atoms with Crippen molar-refractivity contribution in [1.82, 2.24) is 10.2 Å². The number of amides is 1. The highest BCUT2D eigenvalue weighted by atomic mass is 16.6. The minimum absolute atomic E-state index is 0.124. The highest BCUT2D eigenvalue weighted by Crippen LogP contribution is 2.27. The molecule has 2 atom stereocenters. The minimum Gasteiger partial charge on any atom is -0.444 e. The Kier molecular flexibility index (Phi) is 5.69. The van der Waals surface area contributed by atoms with Crippen LogP contribution in [0.25, 0.3) is 0 Å². The number of alkyl carbamates (subject to hydrolysis) is 1. The van der Waals surface area contributed by atoms with Gasteiger partial charge in [-0.15, -0.1) is 0 Å². The van der Waals surface area contributed by atoms with E-state index < -0.39 is 5.60 Å². The number of ether oxygens (including phenoxy) is 1. The van der Waals surface area contributed by atoms with Crippen LogP contribution in [0.3, 0.4) is 0 Å². The van der Waals surface area contributed by atoms with Crippen LogP contribution in [-0.2, 0) is 11.2 Å². The standard InChI is InChI=1S/C19H30N2O2/c1-6-14-7-9-15(10-8-14)16-11-17(13-21(5)12-16)20-18(22)23-19(2,3)4/h7-10,16-17H,6,11-13H2,1-5H3,(H,20,22). The van der Waals surface area contributed by atoms with E-state index in [-0.39, 0.29) is 12.1 Å². The van der Waals surface area contributed by atoms with Crippen molar-refractivity contribution < 1.29 is 9.53 Å². The Balaban J connectivity index is 1.99. The van der Waals surface area contributed by atoms with Crippen LogP contribution in [-0.4, -0.2) is 42.8 Å². The predicted molar refractivity (Wildman–Crippen MR) is 93.8 cm³/mol. The largest absolute Gasteiger partial charge is 0.444 e. The van der Waals surface area contributed by atoms with Crippen LogP contribution in [0, 0.1) is 0 Å². The number of benzene rings is 1. The number of nitrogens with one attached hydrogen (secondary N) is 1. The maximum Gasteiger partial charge on any atom is 0.407 e. The summed E-state index contributed by atoms with van der Waals surface area (Å²) in [6.07, 6.45) is 1.70. The minimum atomic E-state index is -0.458. The van der Waals surface area contributed by atoms with E-state index in [1.54, 1.807) is 0 Å². The highest BCUT2D eigenvalue weighted by molar-refractivity contribution is 5.68. The van der Waals surface area contributed by atoms with E-state index in [2.05, 4.69) is 48.5 Å². The number of hydrogen-bond acceptors (Lipinski definition) is 3. The number of likely N-dealkylation sites (tertiary alicyclic amines) is 1. The number of carbonyl (C=O) groups excluding carboxylic acids is 1. The van der Waals surface area contributed by atoms with E-state index in [0.717, 1.165) is 25.9 Å². The summed E-state index contributed by atoms with van der Waals surface area (Å²) < 4.78 is 5.38. The number of nitrogens with zero attached hydrogens (tertiary/aromatic N) is 1. The van der Waals surface area contributed by atoms with Crippen LogP contribution in [0.4, 0.5) is 4.79 Å². The first-order valence-corrected chi connectivity index (χ1v) is 8.53. The van der Waals surface area contributed by atoms with Gasteiger partial charge in [-0.05, 0) is 57.7 Å². The fourth-order valence-corrected chi connectivity index (χ4v) is 3.17. The van der Waals surface area contributed by atoms with Gasteiger partial charge in [0.05, 0.1) is 0 Å². The first-order valence-electron chi connectivity index (χ1n) is 8.53. The number of carbonyl (C=O) groups is 1. The molecule has 1 saturated heterocycles. The summed E-state index contributed by atoms with van der Waals surface area (Å²) in [6.45, 7) is 9.72. The molecule has 0 aliphatic carbocycles. The quantitative estimate of drug-likeness (QED) is 0.926. The van der Waals surface area contributed by atoms with E-state index in [9.17, 15) is 4.79 Å². The summed E-state index contributed by atoms with van der Waals surface area (Å²) in [5.41, 5.74) is 2.26. The van der Waals surface area contributed by atoms with Crippen LogP contribution in [0.1, 0.15) is 51.2 Å². The van der Waals surface area contributed by atoms with Gasteiger partial charge in [0.25, 0.3) is 0 Å². The molecule has 2 rings (SSSR count). The van der Waals surface area contributed by atoms with Crippen molar-refractivity contribution in [2.45, 2.75) is 58.1 Å². The Morgan fingerprint density at radius 3 is 2.48 bits per heavy atom. The van der Waals surface area contributed by atoms with Crippen LogP contribution in [0.5, 0.6) is 0 Å². The molecule has 1 aliphatic rings. The average Bonchev–Trinajstić information content (AvgIpc) is 2.44. The highest BCUT2D eigenvalue weighted by Gasteiger charge is 2.28. The predicted octanol–water partition coefficient (Wildman–Crippen LogP) is 3.56. The van der Waals surface area contributed by atoms with Gasteiger partial charge in [-0.3, -0.25) is 0 Å². The lowest BCUT2D eigenvalue weighted by atomic mass is 9.88. The summed E-state index contributed by atoms with van der Waals surface area (Å²) in [5, 5.41) is 3.03. The molecule has 4 nitrogen and oxygen atoms in total. The van der Waals surface area contributed by atoms with Gasteiger partial charge in [0.1, 0.15) is 5.60 Å². The van der Waals surface area contributed by atoms with Gasteiger partial charge >= 0.3 is 6.09 Å². The summed E-state index contributed by atoms with van der Waals surface area (Å²) in [5.74, 6) is 0.444. The molecule has 0 spiro atoms. The zero-order chi connectivity index (χ0) is 17.0. The molecule has 1 N–H and O–H groups in total. The van der Waals surface area contributed by atoms with E-state index in [1.807, 2.05) is 20.8 Å². The van der Waals surface area contributed by atoms with Gasteiger partial charge in [-0.25, -0.2) is 4.79 Å². The van der Waals surface area contributed by atoms with E-state index in [0.29, 0.717) is 5.92 Å². The van der Waals surface area contributed by atoms with Crippen molar-refractivity contribution in [3.05, 3.63) is 35.4 Å². The van der Waals surface area contributed by atoms with E-state index >= 15 is 0 Å². The SMILES string of the molecule is CCc1ccc(C2CC(NC(=O)OC(C)(C)C)CN(C)C2)cc1. The molecule has 2 unspecified atom stereocenters. The Hall–Kier alpha value is -1.55. The maximum atomic E-state index is 12.0. The molecule has 1 fully saturated rings. The molecule has 1 heterocycles. The van der Waals surface area contributed by atoms with Crippen molar-refractivity contribution in [3.63, 3.8) is 0 Å². The molecule has 0 bridgehead atoms. The van der Waals surface area contributed by atoms with Crippen LogP contribution < -0.4 is 5.32 Å². The summed E-state index contributed by atoms with van der Waals surface area (Å²) in [4.78, 5) is 14.3. The van der Waals surface area contributed by atoms with Crippen LogP contribution in [0.15, 0.2) is 24.3 Å². The molecule has 23 heavy (non-hydrogen) atoms. The van der Waals surface area contributed by atoms with Crippen LogP contribution in [0.2, 0.25) is 0 Å². The van der Waals surface area contributed by atoms with Crippen molar-refractivity contribution in [3.8, 4) is 0 Å². The van der Waals surface area contributed by atoms with Gasteiger partial charge in [0.2, 0.25) is 0 Å². The fraction of sp³-hybridized carbons (Fsp3) is 0.632. The third kappa shape index (κ3) is 5.54. The third-order valence-corrected chi connectivity index (χ3v) is 4.21. The van der Waals surface area contributed by atoms with Crippen molar-refractivity contribution >= 4 is 6.09 Å². The summed E-state index contributed by atoms with van der Waals surface area (Å²) in [7, 11) is 2.11. The maximum absolute atomic E-state index is 12.0. The second-order valence-electron chi connectivity index (χ2n) is 7.59. The lowest BCUT2D eigenvalue weighted by Gasteiger charge is -2.36. The smallest absolute Gasteiger partial charge is 0.407 e. The number of piperidine rings is 1. The van der Waals surface area contributed by atoms with Crippen molar-refractivity contribution in [2.24, 2.45) is 0 Å². The molecule has 0 aromatic heterocycles. The van der Waals surface area contributed by atoms with Crippen molar-refractivity contribution in [1.29, 1.82) is 0 Å². The number of rotatable bonds is 3. The molecular formula is C19H30N2O2. The normalized spacial score (nSPS) is 22.7. The molecule has 1 aromatic carbocycles. The Labute approximate surface area is 140 Å². The van der Waals surface area contributed by atoms with Gasteiger partial charge < -0.3 is 15.0 Å². The third-order valence-electron chi connectivity index (χ3n) is 4.21. The zero-order valence-corrected chi connectivity index (χ0v) is 15.1. The second kappa shape index (κ2) is 7.35. The lowest BCUT2D eigenvalue weighted by Crippen LogP contribution is -2.49. The Morgan fingerprint density at radius 1 is 1.26 bits per heavy atom. The van der Waals surface area contributed by atoms with E-state index in [4.69, 9.17) is 4.74 Å². The van der Waals surface area contributed by atoms with E-state index in [1.165, 1.54) is 11.1 Å². The Morgan fingerprint density at radius 2 is 1.91 bits per heavy atom. The number of aryl methyl sites for hydroxylation is 1. The van der Waals surface area contributed by atoms with Gasteiger partial charge in [0, 0.05) is 19.1 Å². The molecular weight excluding hydrogens is 288 g/mol. The monoisotopic (exact) mass is 318 g/mol. The van der Waals surface area contributed by atoms with Gasteiger partial charge in [-0.1, -0.05) is 31.2 Å². The fourth-order valence-electron chi connectivity index (χ4n) is 3.17. The zero-order valence-electron chi connectivity index (χ0n) is 15.1. The average molecular weight is 318 g/mol. The molecule has 0 saturated carbocycles. The van der Waals surface area contributed by atoms with Crippen LogP contribution >= 0.6 is 0 Å². The number of hydrogen-bond donors (Lipinski definition) is 1. The summed E-state index contributed by atoms with van der Waals surface area (Å²) in [6, 6.07) is 9.00. The molecule has 1 amide bonds. The Bertz CT molecular complexity index is 519. The van der Waals surface area contributed by atoms with Crippen molar-refractivity contribution in [2.75, 3.05) is 20.1 Å². The lowest BCUT2D eigenvalue weighted by molar-refractivity contribution is 0.0473.